The third kappa shape index (κ3) is 1.19. The molecule has 0 radical (unpaired) electrons. The van der Waals surface area contributed by atoms with Crippen LogP contribution in [0.2, 0.25) is 0 Å². The molecule has 5 heteroatoms. The van der Waals surface area contributed by atoms with Crippen LogP contribution >= 0.6 is 0 Å². The van der Waals surface area contributed by atoms with Crippen molar-refractivity contribution in [2.75, 3.05) is 0 Å². The Balaban J connectivity index is 2.66. The molecule has 5 nitrogen and oxygen atoms in total. The quantitative estimate of drug-likeness (QED) is 0.507. The van der Waals surface area contributed by atoms with Crippen molar-refractivity contribution < 1.29 is 9.34 Å². The molecular formula is C9H4N2O3. The number of fused-ring (bicyclic) bond motifs is 1. The van der Waals surface area contributed by atoms with Gasteiger partial charge in [0.25, 0.3) is 5.69 Å². The Labute approximate surface area is 78.3 Å². The Bertz CT molecular complexity index is 551. The van der Waals surface area contributed by atoms with Crippen molar-refractivity contribution in [3.63, 3.8) is 0 Å². The van der Waals surface area contributed by atoms with E-state index in [0.717, 1.165) is 0 Å². The van der Waals surface area contributed by atoms with Crippen LogP contribution in [-0.4, -0.2) is 4.92 Å². The molecule has 0 spiro atoms. The number of nitriles is 1. The molecule has 0 bridgehead atoms. The Morgan fingerprint density at radius 2 is 2.21 bits per heavy atom. The lowest BCUT2D eigenvalue weighted by atomic mass is 10.2. The van der Waals surface area contributed by atoms with Gasteiger partial charge in [-0.3, -0.25) is 10.1 Å². The van der Waals surface area contributed by atoms with Gasteiger partial charge in [-0.25, -0.2) is 0 Å². The van der Waals surface area contributed by atoms with Crippen molar-refractivity contribution in [2.45, 2.75) is 0 Å². The van der Waals surface area contributed by atoms with Crippen LogP contribution in [0.5, 0.6) is 0 Å². The number of nitro groups is 1. The molecular weight excluding hydrogens is 184 g/mol. The maximum atomic E-state index is 10.4. The first-order valence-corrected chi connectivity index (χ1v) is 3.79. The Hall–Kier alpha value is -2.35. The molecule has 1 heterocycles. The van der Waals surface area contributed by atoms with Crippen LogP contribution in [0.4, 0.5) is 5.69 Å². The molecule has 68 valence electrons. The van der Waals surface area contributed by atoms with Crippen molar-refractivity contribution in [2.24, 2.45) is 0 Å². The number of nitro benzene ring substituents is 1. The summed E-state index contributed by atoms with van der Waals surface area (Å²) in [7, 11) is 0. The van der Waals surface area contributed by atoms with Crippen molar-refractivity contribution in [3.8, 4) is 6.07 Å². The van der Waals surface area contributed by atoms with Gasteiger partial charge in [-0.2, -0.15) is 5.26 Å². The van der Waals surface area contributed by atoms with E-state index in [9.17, 15) is 10.1 Å². The van der Waals surface area contributed by atoms with E-state index >= 15 is 0 Å². The minimum atomic E-state index is -0.488. The summed E-state index contributed by atoms with van der Waals surface area (Å²) in [6.07, 6.45) is 0. The normalized spacial score (nSPS) is 9.93. The van der Waals surface area contributed by atoms with E-state index in [0.29, 0.717) is 11.0 Å². The predicted octanol–water partition coefficient (Wildman–Crippen LogP) is 2.21. The average molecular weight is 188 g/mol. The fraction of sp³-hybridized carbons (Fsp3) is 0. The zero-order valence-corrected chi connectivity index (χ0v) is 6.93. The highest BCUT2D eigenvalue weighted by molar-refractivity contribution is 5.81. The molecule has 0 aliphatic rings. The lowest BCUT2D eigenvalue weighted by Crippen LogP contribution is -1.85. The van der Waals surface area contributed by atoms with Crippen LogP contribution in [0, 0.1) is 21.4 Å². The molecule has 0 aliphatic heterocycles. The topological polar surface area (TPSA) is 80.1 Å². The molecule has 0 saturated carbocycles. The largest absolute Gasteiger partial charge is 0.446 e. The van der Waals surface area contributed by atoms with Gasteiger partial charge in [-0.15, -0.1) is 0 Å². The number of rotatable bonds is 1. The second-order valence-electron chi connectivity index (χ2n) is 2.70. The number of non-ortho nitro benzene ring substituents is 1. The third-order valence-electron chi connectivity index (χ3n) is 1.82. The first-order chi connectivity index (χ1) is 6.70. The van der Waals surface area contributed by atoms with Crippen LogP contribution in [-0.2, 0) is 0 Å². The Kier molecular flexibility index (Phi) is 1.68. The molecule has 1 aromatic carbocycles. The van der Waals surface area contributed by atoms with Gasteiger partial charge in [0.1, 0.15) is 11.7 Å². The zero-order chi connectivity index (χ0) is 10.1. The molecule has 0 unspecified atom stereocenters. The Morgan fingerprint density at radius 3 is 2.86 bits per heavy atom. The molecule has 2 rings (SSSR count). The van der Waals surface area contributed by atoms with Crippen LogP contribution < -0.4 is 0 Å². The maximum Gasteiger partial charge on any atom is 0.270 e. The van der Waals surface area contributed by atoms with E-state index in [1.165, 1.54) is 24.3 Å². The summed E-state index contributed by atoms with van der Waals surface area (Å²) in [6.45, 7) is 0. The van der Waals surface area contributed by atoms with Crippen molar-refractivity contribution in [1.82, 2.24) is 0 Å². The lowest BCUT2D eigenvalue weighted by molar-refractivity contribution is -0.384. The molecule has 0 amide bonds. The molecule has 0 aliphatic carbocycles. The van der Waals surface area contributed by atoms with Gasteiger partial charge >= 0.3 is 0 Å². The molecule has 0 fully saturated rings. The molecule has 2 aromatic rings. The summed E-state index contributed by atoms with van der Waals surface area (Å²) >= 11 is 0. The first-order valence-electron chi connectivity index (χ1n) is 3.79. The SMILES string of the molecule is N#Cc1cc2cc([N+](=O)[O-])ccc2o1. The number of nitrogens with zero attached hydrogens (tertiary/aromatic N) is 2. The fourth-order valence-corrected chi connectivity index (χ4v) is 1.20. The number of furan rings is 1. The first kappa shape index (κ1) is 8.26. The van der Waals surface area contributed by atoms with E-state index in [-0.39, 0.29) is 11.4 Å². The Morgan fingerprint density at radius 1 is 1.43 bits per heavy atom. The summed E-state index contributed by atoms with van der Waals surface area (Å²) < 4.78 is 5.07. The van der Waals surface area contributed by atoms with Crippen molar-refractivity contribution >= 4 is 16.7 Å². The van der Waals surface area contributed by atoms with E-state index < -0.39 is 4.92 Å². The second-order valence-corrected chi connectivity index (χ2v) is 2.70. The highest BCUT2D eigenvalue weighted by Crippen LogP contribution is 2.23. The summed E-state index contributed by atoms with van der Waals surface area (Å²) in [4.78, 5) is 9.94. The van der Waals surface area contributed by atoms with Gasteiger partial charge in [0.2, 0.25) is 5.76 Å². The zero-order valence-electron chi connectivity index (χ0n) is 6.93. The third-order valence-corrected chi connectivity index (χ3v) is 1.82. The summed E-state index contributed by atoms with van der Waals surface area (Å²) in [5, 5.41) is 19.5. The van der Waals surface area contributed by atoms with E-state index in [1.54, 1.807) is 0 Å². The van der Waals surface area contributed by atoms with Crippen LogP contribution in [0.15, 0.2) is 28.7 Å². The van der Waals surface area contributed by atoms with E-state index in [4.69, 9.17) is 9.68 Å². The number of hydrogen-bond acceptors (Lipinski definition) is 4. The van der Waals surface area contributed by atoms with Gasteiger partial charge in [0, 0.05) is 23.6 Å². The fourth-order valence-electron chi connectivity index (χ4n) is 1.20. The van der Waals surface area contributed by atoms with E-state index in [1.807, 2.05) is 6.07 Å². The monoisotopic (exact) mass is 188 g/mol. The minimum absolute atomic E-state index is 0.0113. The molecule has 14 heavy (non-hydrogen) atoms. The maximum absolute atomic E-state index is 10.4. The van der Waals surface area contributed by atoms with Crippen LogP contribution in [0.1, 0.15) is 5.76 Å². The number of benzene rings is 1. The molecule has 0 atom stereocenters. The standard InChI is InChI=1S/C9H4N2O3/c10-5-8-4-6-3-7(11(12)13)1-2-9(6)14-8/h1-4H. The highest BCUT2D eigenvalue weighted by Gasteiger charge is 2.09. The van der Waals surface area contributed by atoms with Crippen LogP contribution in [0.25, 0.3) is 11.0 Å². The van der Waals surface area contributed by atoms with Gasteiger partial charge in [-0.1, -0.05) is 0 Å². The van der Waals surface area contributed by atoms with Gasteiger partial charge in [0.05, 0.1) is 4.92 Å². The second kappa shape index (κ2) is 2.85. The summed E-state index contributed by atoms with van der Waals surface area (Å²) in [5.74, 6) is 0.153. The minimum Gasteiger partial charge on any atom is -0.446 e. The molecule has 0 N–H and O–H groups in total. The van der Waals surface area contributed by atoms with Gasteiger partial charge < -0.3 is 4.42 Å². The lowest BCUT2D eigenvalue weighted by Gasteiger charge is -1.89. The number of hydrogen-bond donors (Lipinski definition) is 0. The van der Waals surface area contributed by atoms with Crippen molar-refractivity contribution in [1.29, 1.82) is 5.26 Å². The van der Waals surface area contributed by atoms with E-state index in [2.05, 4.69) is 0 Å². The van der Waals surface area contributed by atoms with Crippen molar-refractivity contribution in [3.05, 3.63) is 40.1 Å². The molecule has 0 saturated heterocycles. The van der Waals surface area contributed by atoms with Gasteiger partial charge in [0.15, 0.2) is 0 Å². The average Bonchev–Trinajstić information content (AvgIpc) is 2.58. The predicted molar refractivity (Wildman–Crippen MR) is 47.6 cm³/mol. The summed E-state index contributed by atoms with van der Waals surface area (Å²) in [5.41, 5.74) is 0.468. The van der Waals surface area contributed by atoms with Gasteiger partial charge in [-0.05, 0) is 6.07 Å². The highest BCUT2D eigenvalue weighted by atomic mass is 16.6. The smallest absolute Gasteiger partial charge is 0.270 e. The van der Waals surface area contributed by atoms with Crippen LogP contribution in [0.3, 0.4) is 0 Å². The molecule has 1 aromatic heterocycles. The summed E-state index contributed by atoms with van der Waals surface area (Å²) in [6, 6.07) is 7.50.